The van der Waals surface area contributed by atoms with Gasteiger partial charge in [-0.25, -0.2) is 0 Å². The zero-order valence-electron chi connectivity index (χ0n) is 9.25. The molecule has 1 rings (SSSR count). The molecule has 0 bridgehead atoms. The first kappa shape index (κ1) is 11.5. The molecule has 0 saturated heterocycles. The second-order valence-corrected chi connectivity index (χ2v) is 4.45. The summed E-state index contributed by atoms with van der Waals surface area (Å²) in [5.74, 6) is 0.759. The Hall–Kier alpha value is -0.570. The van der Waals surface area contributed by atoms with Crippen molar-refractivity contribution < 1.29 is 4.79 Å². The second-order valence-electron chi connectivity index (χ2n) is 4.45. The molecule has 0 aromatic rings. The minimum Gasteiger partial charge on any atom is -0.353 e. The summed E-state index contributed by atoms with van der Waals surface area (Å²) in [6.45, 7) is 4.22. The van der Waals surface area contributed by atoms with Gasteiger partial charge in [-0.15, -0.1) is 0 Å². The summed E-state index contributed by atoms with van der Waals surface area (Å²) >= 11 is 0. The molecule has 1 saturated carbocycles. The zero-order chi connectivity index (χ0) is 10.6. The summed E-state index contributed by atoms with van der Waals surface area (Å²) in [7, 11) is 0. The molecule has 0 aliphatic heterocycles. The van der Waals surface area contributed by atoms with E-state index in [0.717, 1.165) is 12.8 Å². The maximum atomic E-state index is 11.5. The van der Waals surface area contributed by atoms with E-state index in [0.29, 0.717) is 18.4 Å². The summed E-state index contributed by atoms with van der Waals surface area (Å²) in [6, 6.07) is 0.415. The number of carbonyl (C=O) groups excluding carboxylic acids is 1. The quantitative estimate of drug-likeness (QED) is 0.717. The molecule has 1 fully saturated rings. The Bertz CT molecular complexity index is 194. The molecule has 0 aromatic carbocycles. The second kappa shape index (κ2) is 5.35. The van der Waals surface area contributed by atoms with Gasteiger partial charge in [0.15, 0.2) is 0 Å². The molecule has 3 unspecified atom stereocenters. The van der Waals surface area contributed by atoms with Crippen LogP contribution in [0, 0.1) is 5.92 Å². The van der Waals surface area contributed by atoms with Crippen LogP contribution in [0.3, 0.4) is 0 Å². The van der Waals surface area contributed by atoms with Crippen LogP contribution in [0.25, 0.3) is 0 Å². The van der Waals surface area contributed by atoms with E-state index in [9.17, 15) is 4.79 Å². The summed E-state index contributed by atoms with van der Waals surface area (Å²) in [4.78, 5) is 11.5. The lowest BCUT2D eigenvalue weighted by Gasteiger charge is -2.18. The van der Waals surface area contributed by atoms with Crippen LogP contribution < -0.4 is 11.1 Å². The average Bonchev–Trinajstić information content (AvgIpc) is 2.51. The maximum absolute atomic E-state index is 11.5. The summed E-state index contributed by atoms with van der Waals surface area (Å²) < 4.78 is 0. The third-order valence-corrected chi connectivity index (χ3v) is 3.18. The predicted molar refractivity (Wildman–Crippen MR) is 57.8 cm³/mol. The molecule has 0 aromatic heterocycles. The van der Waals surface area contributed by atoms with Crippen LogP contribution in [-0.4, -0.2) is 18.0 Å². The molecule has 3 N–H and O–H groups in total. The number of carbonyl (C=O) groups is 1. The lowest BCUT2D eigenvalue weighted by molar-refractivity contribution is -0.122. The monoisotopic (exact) mass is 198 g/mol. The van der Waals surface area contributed by atoms with Gasteiger partial charge in [0.05, 0.1) is 0 Å². The fourth-order valence-corrected chi connectivity index (χ4v) is 2.01. The Morgan fingerprint density at radius 3 is 2.79 bits per heavy atom. The number of nitrogens with two attached hydrogens (primary N) is 1. The smallest absolute Gasteiger partial charge is 0.221 e. The van der Waals surface area contributed by atoms with Gasteiger partial charge >= 0.3 is 0 Å². The Kier molecular flexibility index (Phi) is 4.39. The third kappa shape index (κ3) is 3.29. The average molecular weight is 198 g/mol. The lowest BCUT2D eigenvalue weighted by atomic mass is 10.1. The lowest BCUT2D eigenvalue weighted by Crippen LogP contribution is -2.39. The van der Waals surface area contributed by atoms with Gasteiger partial charge in [-0.1, -0.05) is 20.3 Å². The van der Waals surface area contributed by atoms with Gasteiger partial charge in [-0.2, -0.15) is 0 Å². The van der Waals surface area contributed by atoms with E-state index in [1.54, 1.807) is 0 Å². The van der Waals surface area contributed by atoms with Crippen LogP contribution >= 0.6 is 0 Å². The van der Waals surface area contributed by atoms with Gasteiger partial charge in [0.2, 0.25) is 5.91 Å². The van der Waals surface area contributed by atoms with Crippen molar-refractivity contribution in [2.75, 3.05) is 0 Å². The van der Waals surface area contributed by atoms with Crippen molar-refractivity contribution in [3.63, 3.8) is 0 Å². The van der Waals surface area contributed by atoms with Gasteiger partial charge in [0.25, 0.3) is 0 Å². The normalized spacial score (nSPS) is 28.8. The van der Waals surface area contributed by atoms with Crippen LogP contribution in [0.15, 0.2) is 0 Å². The van der Waals surface area contributed by atoms with Gasteiger partial charge in [0.1, 0.15) is 0 Å². The van der Waals surface area contributed by atoms with Gasteiger partial charge in [-0.05, 0) is 25.2 Å². The van der Waals surface area contributed by atoms with E-state index < -0.39 is 0 Å². The Morgan fingerprint density at radius 1 is 1.57 bits per heavy atom. The molecule has 82 valence electrons. The van der Waals surface area contributed by atoms with Gasteiger partial charge in [-0.3, -0.25) is 4.79 Å². The van der Waals surface area contributed by atoms with E-state index in [1.807, 2.05) is 6.92 Å². The van der Waals surface area contributed by atoms with Crippen molar-refractivity contribution in [2.24, 2.45) is 11.7 Å². The zero-order valence-corrected chi connectivity index (χ0v) is 9.25. The number of hydrogen-bond acceptors (Lipinski definition) is 2. The van der Waals surface area contributed by atoms with Crippen molar-refractivity contribution in [1.82, 2.24) is 5.32 Å². The molecule has 1 amide bonds. The molecule has 3 atom stereocenters. The van der Waals surface area contributed by atoms with Crippen LogP contribution in [0.1, 0.15) is 46.0 Å². The Balaban J connectivity index is 2.26. The number of nitrogens with one attached hydrogen (secondary N) is 1. The van der Waals surface area contributed by atoms with Crippen LogP contribution in [0.5, 0.6) is 0 Å². The first-order chi connectivity index (χ1) is 6.63. The molecular weight excluding hydrogens is 176 g/mol. The largest absolute Gasteiger partial charge is 0.353 e. The predicted octanol–water partition coefficient (Wildman–Crippen LogP) is 1.42. The maximum Gasteiger partial charge on any atom is 0.221 e. The van der Waals surface area contributed by atoms with Crippen LogP contribution in [0.4, 0.5) is 0 Å². The highest BCUT2D eigenvalue weighted by Crippen LogP contribution is 2.24. The minimum atomic E-state index is 0.0201. The van der Waals surface area contributed by atoms with E-state index >= 15 is 0 Å². The van der Waals surface area contributed by atoms with Crippen LogP contribution in [-0.2, 0) is 4.79 Å². The fraction of sp³-hybridized carbons (Fsp3) is 0.909. The highest BCUT2D eigenvalue weighted by molar-refractivity contribution is 5.76. The molecule has 1 aliphatic carbocycles. The van der Waals surface area contributed by atoms with E-state index in [1.165, 1.54) is 12.8 Å². The van der Waals surface area contributed by atoms with E-state index in [2.05, 4.69) is 12.2 Å². The van der Waals surface area contributed by atoms with Gasteiger partial charge in [0, 0.05) is 18.5 Å². The molecule has 3 nitrogen and oxygen atoms in total. The summed E-state index contributed by atoms with van der Waals surface area (Å²) in [5, 5.41) is 3.07. The first-order valence-corrected chi connectivity index (χ1v) is 5.68. The minimum absolute atomic E-state index is 0.0201. The fourth-order valence-electron chi connectivity index (χ4n) is 2.01. The van der Waals surface area contributed by atoms with Crippen molar-refractivity contribution in [1.29, 1.82) is 0 Å². The Labute approximate surface area is 86.4 Å². The molecule has 3 heteroatoms. The van der Waals surface area contributed by atoms with E-state index in [-0.39, 0.29) is 11.9 Å². The van der Waals surface area contributed by atoms with Crippen molar-refractivity contribution >= 4 is 5.91 Å². The topological polar surface area (TPSA) is 55.1 Å². The highest BCUT2D eigenvalue weighted by Gasteiger charge is 2.24. The molecule has 0 heterocycles. The standard InChI is InChI=1S/C11H22N2O/c1-3-9(12)7-11(14)13-10-6-4-5-8(10)2/h8-10H,3-7,12H2,1-2H3,(H,13,14). The van der Waals surface area contributed by atoms with Crippen LogP contribution in [0.2, 0.25) is 0 Å². The molecular formula is C11H22N2O. The number of rotatable bonds is 4. The van der Waals surface area contributed by atoms with Crippen molar-refractivity contribution in [3.8, 4) is 0 Å². The van der Waals surface area contributed by atoms with E-state index in [4.69, 9.17) is 5.73 Å². The summed E-state index contributed by atoms with van der Waals surface area (Å²) in [5.41, 5.74) is 5.72. The number of amides is 1. The van der Waals surface area contributed by atoms with Crippen molar-refractivity contribution in [3.05, 3.63) is 0 Å². The highest BCUT2D eigenvalue weighted by atomic mass is 16.1. The number of hydrogen-bond donors (Lipinski definition) is 2. The SMILES string of the molecule is CCC(N)CC(=O)NC1CCCC1C. The Morgan fingerprint density at radius 2 is 2.29 bits per heavy atom. The third-order valence-electron chi connectivity index (χ3n) is 3.18. The molecule has 14 heavy (non-hydrogen) atoms. The summed E-state index contributed by atoms with van der Waals surface area (Å²) in [6.07, 6.45) is 4.96. The molecule has 0 spiro atoms. The van der Waals surface area contributed by atoms with Gasteiger partial charge < -0.3 is 11.1 Å². The molecule has 1 aliphatic rings. The molecule has 0 radical (unpaired) electrons. The first-order valence-electron chi connectivity index (χ1n) is 5.68. The van der Waals surface area contributed by atoms with Crippen molar-refractivity contribution in [2.45, 2.75) is 58.0 Å².